The Morgan fingerprint density at radius 2 is 2.05 bits per heavy atom. The summed E-state index contributed by atoms with van der Waals surface area (Å²) in [6.45, 7) is 4.54. The van der Waals surface area contributed by atoms with Crippen LogP contribution < -0.4 is 10.6 Å². The van der Waals surface area contributed by atoms with Gasteiger partial charge >= 0.3 is 12.0 Å². The molecule has 3 N–H and O–H groups in total. The lowest BCUT2D eigenvalue weighted by atomic mass is 10.1. The van der Waals surface area contributed by atoms with Crippen molar-refractivity contribution >= 4 is 17.7 Å². The average molecular weight is 262 g/mol. The van der Waals surface area contributed by atoms with E-state index in [4.69, 9.17) is 5.11 Å². The summed E-state index contributed by atoms with van der Waals surface area (Å²) in [7, 11) is 0. The van der Waals surface area contributed by atoms with Crippen LogP contribution in [0.15, 0.2) is 18.2 Å². The maximum Gasteiger partial charge on any atom is 0.337 e. The van der Waals surface area contributed by atoms with Gasteiger partial charge in [-0.2, -0.15) is 0 Å². The molecule has 0 aliphatic heterocycles. The van der Waals surface area contributed by atoms with Crippen molar-refractivity contribution in [3.63, 3.8) is 0 Å². The minimum Gasteiger partial charge on any atom is -0.478 e. The van der Waals surface area contributed by atoms with Gasteiger partial charge in [-0.1, -0.05) is 18.6 Å². The third-order valence-electron chi connectivity index (χ3n) is 3.43. The number of nitrogens with one attached hydrogen (secondary N) is 2. The van der Waals surface area contributed by atoms with Crippen LogP contribution in [0.2, 0.25) is 0 Å². The van der Waals surface area contributed by atoms with Gasteiger partial charge in [-0.05, 0) is 37.3 Å². The SMILES string of the molecule is Cc1ccc(NC(=O)NCC2(C)CC2)c(C(=O)O)c1. The Balaban J connectivity index is 2.01. The normalized spacial score (nSPS) is 15.7. The zero-order valence-electron chi connectivity index (χ0n) is 11.1. The molecule has 0 unspecified atom stereocenters. The molecule has 1 fully saturated rings. The van der Waals surface area contributed by atoms with Gasteiger partial charge in [-0.15, -0.1) is 0 Å². The number of benzene rings is 1. The Kier molecular flexibility index (Phi) is 3.46. The number of anilines is 1. The van der Waals surface area contributed by atoms with Gasteiger partial charge in [0.2, 0.25) is 0 Å². The Hall–Kier alpha value is -2.04. The zero-order valence-corrected chi connectivity index (χ0v) is 11.1. The number of carboxylic acids is 1. The molecule has 0 radical (unpaired) electrons. The van der Waals surface area contributed by atoms with E-state index in [1.165, 1.54) is 0 Å². The summed E-state index contributed by atoms with van der Waals surface area (Å²) in [5.74, 6) is -1.05. The lowest BCUT2D eigenvalue weighted by molar-refractivity contribution is 0.0698. The first kappa shape index (κ1) is 13.4. The van der Waals surface area contributed by atoms with E-state index in [1.807, 2.05) is 6.92 Å². The average Bonchev–Trinajstić information content (AvgIpc) is 3.08. The fraction of sp³-hybridized carbons (Fsp3) is 0.429. The minimum atomic E-state index is -1.05. The van der Waals surface area contributed by atoms with E-state index < -0.39 is 5.97 Å². The van der Waals surface area contributed by atoms with Gasteiger partial charge in [0.05, 0.1) is 11.3 Å². The number of carbonyl (C=O) groups is 2. The van der Waals surface area contributed by atoms with Crippen molar-refractivity contribution in [3.05, 3.63) is 29.3 Å². The highest BCUT2D eigenvalue weighted by molar-refractivity contribution is 6.00. The molecular weight excluding hydrogens is 244 g/mol. The molecule has 5 nitrogen and oxygen atoms in total. The van der Waals surface area contributed by atoms with Gasteiger partial charge in [-0.25, -0.2) is 9.59 Å². The van der Waals surface area contributed by atoms with Crippen LogP contribution in [0.1, 0.15) is 35.7 Å². The molecule has 2 amide bonds. The number of carbonyl (C=O) groups excluding carboxylic acids is 1. The van der Waals surface area contributed by atoms with E-state index in [-0.39, 0.29) is 17.0 Å². The van der Waals surface area contributed by atoms with Crippen molar-refractivity contribution in [3.8, 4) is 0 Å². The van der Waals surface area contributed by atoms with Crippen LogP contribution >= 0.6 is 0 Å². The summed E-state index contributed by atoms with van der Waals surface area (Å²) < 4.78 is 0. The highest BCUT2D eigenvalue weighted by atomic mass is 16.4. The molecule has 1 saturated carbocycles. The molecule has 102 valence electrons. The smallest absolute Gasteiger partial charge is 0.337 e. The molecule has 1 aliphatic carbocycles. The predicted molar refractivity (Wildman–Crippen MR) is 72.5 cm³/mol. The second kappa shape index (κ2) is 4.91. The summed E-state index contributed by atoms with van der Waals surface area (Å²) >= 11 is 0. The second-order valence-corrected chi connectivity index (χ2v) is 5.47. The molecule has 19 heavy (non-hydrogen) atoms. The standard InChI is InChI=1S/C14H18N2O3/c1-9-3-4-11(10(7-9)12(17)18)16-13(19)15-8-14(2)5-6-14/h3-4,7H,5-6,8H2,1-2H3,(H,17,18)(H2,15,16,19). The Morgan fingerprint density at radius 1 is 1.37 bits per heavy atom. The monoisotopic (exact) mass is 262 g/mol. The quantitative estimate of drug-likeness (QED) is 0.780. The van der Waals surface area contributed by atoms with Crippen molar-refractivity contribution in [2.75, 3.05) is 11.9 Å². The number of hydrogen-bond donors (Lipinski definition) is 3. The van der Waals surface area contributed by atoms with Crippen molar-refractivity contribution in [2.24, 2.45) is 5.41 Å². The van der Waals surface area contributed by atoms with E-state index >= 15 is 0 Å². The summed E-state index contributed by atoms with van der Waals surface area (Å²) in [5.41, 5.74) is 1.48. The zero-order chi connectivity index (χ0) is 14.0. The molecule has 1 aromatic carbocycles. The van der Waals surface area contributed by atoms with Gasteiger partial charge in [0.1, 0.15) is 0 Å². The van der Waals surface area contributed by atoms with Crippen molar-refractivity contribution in [1.82, 2.24) is 5.32 Å². The Bertz CT molecular complexity index is 521. The van der Waals surface area contributed by atoms with Crippen molar-refractivity contribution < 1.29 is 14.7 Å². The first-order valence-electron chi connectivity index (χ1n) is 6.28. The lowest BCUT2D eigenvalue weighted by Gasteiger charge is -2.13. The summed E-state index contributed by atoms with van der Waals surface area (Å²) in [6, 6.07) is 4.56. The van der Waals surface area contributed by atoms with Crippen molar-refractivity contribution in [2.45, 2.75) is 26.7 Å². The van der Waals surface area contributed by atoms with Gasteiger partial charge in [0, 0.05) is 6.54 Å². The number of aryl methyl sites for hydroxylation is 1. The van der Waals surface area contributed by atoms with Crippen LogP contribution in [-0.2, 0) is 0 Å². The molecule has 0 aromatic heterocycles. The summed E-state index contributed by atoms with van der Waals surface area (Å²) in [5, 5.41) is 14.5. The topological polar surface area (TPSA) is 78.4 Å². The summed E-state index contributed by atoms with van der Waals surface area (Å²) in [6.07, 6.45) is 2.25. The third kappa shape index (κ3) is 3.47. The molecule has 5 heteroatoms. The number of urea groups is 1. The van der Waals surface area contributed by atoms with Crippen LogP contribution in [0.25, 0.3) is 0 Å². The van der Waals surface area contributed by atoms with Crippen molar-refractivity contribution in [1.29, 1.82) is 0 Å². The predicted octanol–water partition coefficient (Wildman–Crippen LogP) is 2.61. The second-order valence-electron chi connectivity index (χ2n) is 5.47. The minimum absolute atomic E-state index is 0.104. The van der Waals surface area contributed by atoms with E-state index in [9.17, 15) is 9.59 Å². The summed E-state index contributed by atoms with van der Waals surface area (Å²) in [4.78, 5) is 22.8. The van der Waals surface area contributed by atoms with E-state index in [1.54, 1.807) is 18.2 Å². The Morgan fingerprint density at radius 3 is 2.63 bits per heavy atom. The molecule has 1 aromatic rings. The van der Waals surface area contributed by atoms with Crippen LogP contribution in [0, 0.1) is 12.3 Å². The van der Waals surface area contributed by atoms with Gasteiger partial charge in [0.25, 0.3) is 0 Å². The number of carboxylic acid groups (broad SMARTS) is 1. The maximum atomic E-state index is 11.7. The number of rotatable bonds is 4. The van der Waals surface area contributed by atoms with Crippen LogP contribution in [0.4, 0.5) is 10.5 Å². The molecule has 2 rings (SSSR count). The van der Waals surface area contributed by atoms with Gasteiger partial charge in [0.15, 0.2) is 0 Å². The molecule has 1 aliphatic rings. The van der Waals surface area contributed by atoms with Crippen LogP contribution in [0.5, 0.6) is 0 Å². The lowest BCUT2D eigenvalue weighted by Crippen LogP contribution is -2.33. The van der Waals surface area contributed by atoms with E-state index in [0.717, 1.165) is 18.4 Å². The first-order valence-corrected chi connectivity index (χ1v) is 6.28. The fourth-order valence-corrected chi connectivity index (χ4v) is 1.79. The highest BCUT2D eigenvalue weighted by Crippen LogP contribution is 2.44. The van der Waals surface area contributed by atoms with E-state index in [2.05, 4.69) is 17.6 Å². The molecule has 0 heterocycles. The van der Waals surface area contributed by atoms with Gasteiger partial charge in [-0.3, -0.25) is 0 Å². The first-order chi connectivity index (χ1) is 8.89. The Labute approximate surface area is 112 Å². The number of hydrogen-bond acceptors (Lipinski definition) is 2. The van der Waals surface area contributed by atoms with Gasteiger partial charge < -0.3 is 15.7 Å². The van der Waals surface area contributed by atoms with Crippen LogP contribution in [0.3, 0.4) is 0 Å². The number of aromatic carboxylic acids is 1. The van der Waals surface area contributed by atoms with Crippen LogP contribution in [-0.4, -0.2) is 23.7 Å². The maximum absolute atomic E-state index is 11.7. The largest absolute Gasteiger partial charge is 0.478 e. The fourth-order valence-electron chi connectivity index (χ4n) is 1.79. The molecule has 0 spiro atoms. The highest BCUT2D eigenvalue weighted by Gasteiger charge is 2.37. The molecule has 0 bridgehead atoms. The molecule has 0 atom stereocenters. The third-order valence-corrected chi connectivity index (χ3v) is 3.43. The number of amides is 2. The van der Waals surface area contributed by atoms with E-state index in [0.29, 0.717) is 12.2 Å². The molecule has 0 saturated heterocycles. The molecular formula is C14H18N2O3.